The fourth-order valence-corrected chi connectivity index (χ4v) is 2.79. The molecule has 2 aromatic carbocycles. The van der Waals surface area contributed by atoms with Crippen LogP contribution in [-0.2, 0) is 9.53 Å². The van der Waals surface area contributed by atoms with Crippen LogP contribution in [0, 0.1) is 0 Å². The first-order chi connectivity index (χ1) is 15.6. The molecule has 0 radical (unpaired) electrons. The molecule has 0 saturated heterocycles. The van der Waals surface area contributed by atoms with Gasteiger partial charge in [-0.25, -0.2) is 4.79 Å². The second-order valence-corrected chi connectivity index (χ2v) is 6.44. The van der Waals surface area contributed by atoms with Crippen molar-refractivity contribution in [2.45, 2.75) is 13.8 Å². The number of amides is 1. The highest BCUT2D eigenvalue weighted by atomic mass is 16.5. The maximum Gasteiger partial charge on any atom is 0.342 e. The first kappa shape index (κ1) is 22.6. The molecule has 0 fully saturated rings. The molecule has 0 saturated carbocycles. The first-order valence-electron chi connectivity index (χ1n) is 10.1. The monoisotopic (exact) mass is 436 g/mol. The van der Waals surface area contributed by atoms with Crippen molar-refractivity contribution in [1.29, 1.82) is 0 Å². The number of hydrogen-bond acceptors (Lipinski definition) is 7. The van der Waals surface area contributed by atoms with Gasteiger partial charge in [0, 0.05) is 18.0 Å². The normalized spacial score (nSPS) is 10.2. The smallest absolute Gasteiger partial charge is 0.342 e. The number of nitrogens with zero attached hydrogens (tertiary/aromatic N) is 1. The predicted molar refractivity (Wildman–Crippen MR) is 118 cm³/mol. The second kappa shape index (κ2) is 11.4. The molecule has 3 rings (SSSR count). The number of ether oxygens (including phenoxy) is 4. The number of rotatable bonds is 10. The summed E-state index contributed by atoms with van der Waals surface area (Å²) in [5, 5.41) is 2.68. The largest absolute Gasteiger partial charge is 0.490 e. The molecule has 0 bridgehead atoms. The molecule has 0 unspecified atom stereocenters. The average molecular weight is 436 g/mol. The van der Waals surface area contributed by atoms with Crippen molar-refractivity contribution in [3.05, 3.63) is 72.6 Å². The molecule has 0 aliphatic carbocycles. The van der Waals surface area contributed by atoms with Gasteiger partial charge in [-0.15, -0.1) is 0 Å². The highest BCUT2D eigenvalue weighted by Crippen LogP contribution is 2.30. The third kappa shape index (κ3) is 6.21. The number of anilines is 1. The summed E-state index contributed by atoms with van der Waals surface area (Å²) in [5.41, 5.74) is 0.696. The molecule has 8 heteroatoms. The lowest BCUT2D eigenvalue weighted by molar-refractivity contribution is -0.119. The van der Waals surface area contributed by atoms with Crippen LogP contribution >= 0.6 is 0 Å². The molecule has 1 amide bonds. The Hall–Kier alpha value is -4.07. The topological polar surface area (TPSA) is 96.0 Å². The van der Waals surface area contributed by atoms with Crippen molar-refractivity contribution < 1.29 is 28.5 Å². The van der Waals surface area contributed by atoms with E-state index in [0.717, 1.165) is 0 Å². The van der Waals surface area contributed by atoms with Crippen molar-refractivity contribution >= 4 is 17.6 Å². The van der Waals surface area contributed by atoms with E-state index < -0.39 is 18.5 Å². The van der Waals surface area contributed by atoms with Gasteiger partial charge in [0.2, 0.25) is 0 Å². The van der Waals surface area contributed by atoms with Crippen LogP contribution in [0.3, 0.4) is 0 Å². The van der Waals surface area contributed by atoms with E-state index in [9.17, 15) is 9.59 Å². The summed E-state index contributed by atoms with van der Waals surface area (Å²) in [6.07, 6.45) is 3.15. The van der Waals surface area contributed by atoms with Gasteiger partial charge in [0.15, 0.2) is 18.1 Å². The lowest BCUT2D eigenvalue weighted by Gasteiger charge is -2.13. The summed E-state index contributed by atoms with van der Waals surface area (Å²) in [7, 11) is 0. The average Bonchev–Trinajstić information content (AvgIpc) is 2.80. The number of carbonyl (C=O) groups excluding carboxylic acids is 2. The number of para-hydroxylation sites is 1. The number of nitrogens with one attached hydrogen (secondary N) is 1. The fraction of sp³-hybridized carbons (Fsp3) is 0.208. The maximum absolute atomic E-state index is 12.5. The zero-order valence-electron chi connectivity index (χ0n) is 17.9. The Balaban J connectivity index is 1.61. The molecule has 166 valence electrons. The first-order valence-corrected chi connectivity index (χ1v) is 10.1. The summed E-state index contributed by atoms with van der Waals surface area (Å²) >= 11 is 0. The lowest BCUT2D eigenvalue weighted by Crippen LogP contribution is -2.21. The van der Waals surface area contributed by atoms with Crippen LogP contribution in [-0.4, -0.2) is 36.7 Å². The summed E-state index contributed by atoms with van der Waals surface area (Å²) in [5.74, 6) is 0.719. The van der Waals surface area contributed by atoms with Gasteiger partial charge in [-0.3, -0.25) is 9.78 Å². The third-order valence-corrected chi connectivity index (χ3v) is 4.13. The van der Waals surface area contributed by atoms with Crippen molar-refractivity contribution in [2.24, 2.45) is 0 Å². The molecule has 8 nitrogen and oxygen atoms in total. The molecule has 1 aromatic heterocycles. The SMILES string of the molecule is CCOc1ccc(NC(=O)COC(=O)c2ccccc2Oc2cccnc2)cc1OCC. The van der Waals surface area contributed by atoms with Gasteiger partial charge in [0.25, 0.3) is 5.91 Å². The number of carbonyl (C=O) groups is 2. The van der Waals surface area contributed by atoms with E-state index in [1.165, 1.54) is 6.20 Å². The third-order valence-electron chi connectivity index (χ3n) is 4.13. The Morgan fingerprint density at radius 1 is 0.906 bits per heavy atom. The van der Waals surface area contributed by atoms with E-state index in [1.807, 2.05) is 13.8 Å². The van der Waals surface area contributed by atoms with E-state index in [1.54, 1.807) is 60.8 Å². The number of pyridine rings is 1. The van der Waals surface area contributed by atoms with Crippen LogP contribution < -0.4 is 19.5 Å². The van der Waals surface area contributed by atoms with Gasteiger partial charge in [-0.05, 0) is 50.2 Å². The quantitative estimate of drug-likeness (QED) is 0.469. The highest BCUT2D eigenvalue weighted by Gasteiger charge is 2.16. The highest BCUT2D eigenvalue weighted by molar-refractivity contribution is 5.97. The Morgan fingerprint density at radius 2 is 1.69 bits per heavy atom. The Labute approximate surface area is 186 Å². The number of aromatic nitrogens is 1. The van der Waals surface area contributed by atoms with Gasteiger partial charge in [0.1, 0.15) is 17.1 Å². The van der Waals surface area contributed by atoms with Crippen molar-refractivity contribution in [1.82, 2.24) is 4.98 Å². The van der Waals surface area contributed by atoms with Crippen molar-refractivity contribution in [3.8, 4) is 23.0 Å². The van der Waals surface area contributed by atoms with Crippen LogP contribution in [0.25, 0.3) is 0 Å². The van der Waals surface area contributed by atoms with Crippen LogP contribution in [0.1, 0.15) is 24.2 Å². The molecule has 0 atom stereocenters. The maximum atomic E-state index is 12.5. The van der Waals surface area contributed by atoms with Crippen molar-refractivity contribution in [3.63, 3.8) is 0 Å². The minimum atomic E-state index is -0.679. The van der Waals surface area contributed by atoms with E-state index in [0.29, 0.717) is 41.9 Å². The minimum absolute atomic E-state index is 0.198. The Kier molecular flexibility index (Phi) is 8.02. The van der Waals surface area contributed by atoms with E-state index >= 15 is 0 Å². The molecular formula is C24H24N2O6. The molecule has 32 heavy (non-hydrogen) atoms. The van der Waals surface area contributed by atoms with Crippen LogP contribution in [0.15, 0.2) is 67.0 Å². The van der Waals surface area contributed by atoms with Gasteiger partial charge < -0.3 is 24.3 Å². The van der Waals surface area contributed by atoms with E-state index in [-0.39, 0.29) is 5.56 Å². The Morgan fingerprint density at radius 3 is 2.44 bits per heavy atom. The zero-order chi connectivity index (χ0) is 22.8. The van der Waals surface area contributed by atoms with Crippen LogP contribution in [0.2, 0.25) is 0 Å². The summed E-state index contributed by atoms with van der Waals surface area (Å²) < 4.78 is 21.9. The second-order valence-electron chi connectivity index (χ2n) is 6.44. The zero-order valence-corrected chi connectivity index (χ0v) is 17.9. The number of hydrogen-bond donors (Lipinski definition) is 1. The standard InChI is InChI=1S/C24H24N2O6/c1-3-29-21-12-11-17(14-22(21)30-4-2)26-23(27)16-31-24(28)19-9-5-6-10-20(19)32-18-8-7-13-25-15-18/h5-15H,3-4,16H2,1-2H3,(H,26,27). The van der Waals surface area contributed by atoms with E-state index in [2.05, 4.69) is 10.3 Å². The minimum Gasteiger partial charge on any atom is -0.490 e. The Bertz CT molecular complexity index is 1060. The van der Waals surface area contributed by atoms with Gasteiger partial charge >= 0.3 is 5.97 Å². The van der Waals surface area contributed by atoms with Gasteiger partial charge in [0.05, 0.1) is 19.4 Å². The molecular weight excluding hydrogens is 412 g/mol. The predicted octanol–water partition coefficient (Wildman–Crippen LogP) is 4.47. The molecule has 0 spiro atoms. The fourth-order valence-electron chi connectivity index (χ4n) is 2.79. The summed E-state index contributed by atoms with van der Waals surface area (Å²) in [6, 6.07) is 15.1. The number of esters is 1. The van der Waals surface area contributed by atoms with Gasteiger partial charge in [-0.2, -0.15) is 0 Å². The molecule has 0 aliphatic rings. The summed E-state index contributed by atoms with van der Waals surface area (Å²) in [6.45, 7) is 4.22. The summed E-state index contributed by atoms with van der Waals surface area (Å²) in [4.78, 5) is 28.8. The molecule has 1 heterocycles. The van der Waals surface area contributed by atoms with Crippen LogP contribution in [0.5, 0.6) is 23.0 Å². The molecule has 1 N–H and O–H groups in total. The molecule has 0 aliphatic heterocycles. The molecule has 3 aromatic rings. The van der Waals surface area contributed by atoms with Gasteiger partial charge in [-0.1, -0.05) is 12.1 Å². The number of benzene rings is 2. The van der Waals surface area contributed by atoms with E-state index in [4.69, 9.17) is 18.9 Å². The van der Waals surface area contributed by atoms with Crippen LogP contribution in [0.4, 0.5) is 5.69 Å². The van der Waals surface area contributed by atoms with Crippen molar-refractivity contribution in [2.75, 3.05) is 25.1 Å². The lowest BCUT2D eigenvalue weighted by atomic mass is 10.2.